The van der Waals surface area contributed by atoms with E-state index in [9.17, 15) is 4.79 Å². The van der Waals surface area contributed by atoms with Crippen LogP contribution >= 0.6 is 0 Å². The van der Waals surface area contributed by atoms with Crippen molar-refractivity contribution in [1.29, 1.82) is 0 Å². The summed E-state index contributed by atoms with van der Waals surface area (Å²) in [5, 5.41) is 9.09. The van der Waals surface area contributed by atoms with Crippen molar-refractivity contribution >= 4 is 5.97 Å². The average molecular weight is 213 g/mol. The van der Waals surface area contributed by atoms with Gasteiger partial charge in [-0.3, -0.25) is 4.79 Å². The minimum atomic E-state index is -0.634. The van der Waals surface area contributed by atoms with Gasteiger partial charge >= 0.3 is 5.97 Å². The molecule has 0 aromatic heterocycles. The number of aliphatic carboxylic acids is 1. The minimum Gasteiger partial charge on any atom is -0.481 e. The summed E-state index contributed by atoms with van der Waals surface area (Å²) in [6.45, 7) is 9.32. The molecule has 0 radical (unpaired) electrons. The van der Waals surface area contributed by atoms with Crippen molar-refractivity contribution in [3.63, 3.8) is 0 Å². The molecule has 1 unspecified atom stereocenters. The molecular formula is C12H23NO2. The Morgan fingerprint density at radius 3 is 2.40 bits per heavy atom. The van der Waals surface area contributed by atoms with Crippen molar-refractivity contribution in [2.75, 3.05) is 19.6 Å². The van der Waals surface area contributed by atoms with E-state index >= 15 is 0 Å². The van der Waals surface area contributed by atoms with Crippen LogP contribution in [0, 0.1) is 11.3 Å². The van der Waals surface area contributed by atoms with Gasteiger partial charge in [0.05, 0.1) is 5.41 Å². The van der Waals surface area contributed by atoms with Gasteiger partial charge in [0, 0.05) is 6.54 Å². The first-order chi connectivity index (χ1) is 6.98. The first-order valence-electron chi connectivity index (χ1n) is 5.93. The minimum absolute atomic E-state index is 0.480. The Morgan fingerprint density at radius 2 is 2.00 bits per heavy atom. The van der Waals surface area contributed by atoms with Crippen LogP contribution in [0.15, 0.2) is 0 Å². The summed E-state index contributed by atoms with van der Waals surface area (Å²) < 4.78 is 0. The van der Waals surface area contributed by atoms with Gasteiger partial charge in [0.2, 0.25) is 0 Å². The quantitative estimate of drug-likeness (QED) is 0.778. The summed E-state index contributed by atoms with van der Waals surface area (Å²) in [7, 11) is 0. The van der Waals surface area contributed by atoms with Crippen LogP contribution < -0.4 is 0 Å². The molecule has 3 nitrogen and oxygen atoms in total. The van der Waals surface area contributed by atoms with E-state index in [1.807, 2.05) is 6.92 Å². The fraction of sp³-hybridized carbons (Fsp3) is 0.917. The maximum absolute atomic E-state index is 11.0. The van der Waals surface area contributed by atoms with E-state index in [1.54, 1.807) is 0 Å². The number of hydrogen-bond acceptors (Lipinski definition) is 2. The lowest BCUT2D eigenvalue weighted by atomic mass is 9.80. The largest absolute Gasteiger partial charge is 0.481 e. The van der Waals surface area contributed by atoms with E-state index in [1.165, 1.54) is 6.42 Å². The molecular weight excluding hydrogens is 190 g/mol. The van der Waals surface area contributed by atoms with Crippen molar-refractivity contribution in [1.82, 2.24) is 4.90 Å². The first kappa shape index (κ1) is 12.5. The van der Waals surface area contributed by atoms with Crippen LogP contribution in [0.25, 0.3) is 0 Å². The SMILES string of the molecule is CCC(C)CN1CCC(C)(C(=O)O)CC1. The Bertz CT molecular complexity index is 220. The van der Waals surface area contributed by atoms with Crippen LogP contribution in [0.2, 0.25) is 0 Å². The molecule has 0 aliphatic carbocycles. The highest BCUT2D eigenvalue weighted by Gasteiger charge is 2.36. The third-order valence-corrected chi connectivity index (χ3v) is 3.74. The predicted octanol–water partition coefficient (Wildman–Crippen LogP) is 2.22. The molecule has 1 fully saturated rings. The molecule has 1 heterocycles. The molecule has 0 aromatic rings. The second-order valence-electron chi connectivity index (χ2n) is 5.18. The molecule has 15 heavy (non-hydrogen) atoms. The molecule has 0 amide bonds. The number of nitrogens with zero attached hydrogens (tertiary/aromatic N) is 1. The Morgan fingerprint density at radius 1 is 1.47 bits per heavy atom. The number of carboxylic acids is 1. The summed E-state index contributed by atoms with van der Waals surface area (Å²) in [6, 6.07) is 0. The predicted molar refractivity (Wildman–Crippen MR) is 60.9 cm³/mol. The van der Waals surface area contributed by atoms with Crippen LogP contribution in [0.3, 0.4) is 0 Å². The second kappa shape index (κ2) is 4.97. The summed E-state index contributed by atoms with van der Waals surface area (Å²) >= 11 is 0. The van der Waals surface area contributed by atoms with Crippen molar-refractivity contribution < 1.29 is 9.90 Å². The Balaban J connectivity index is 2.39. The van der Waals surface area contributed by atoms with Crippen LogP contribution in [0.5, 0.6) is 0 Å². The van der Waals surface area contributed by atoms with Crippen LogP contribution in [0.1, 0.15) is 40.0 Å². The smallest absolute Gasteiger partial charge is 0.309 e. The van der Waals surface area contributed by atoms with Gasteiger partial charge in [-0.1, -0.05) is 20.3 Å². The first-order valence-corrected chi connectivity index (χ1v) is 5.93. The number of likely N-dealkylation sites (tertiary alicyclic amines) is 1. The van der Waals surface area contributed by atoms with E-state index in [-0.39, 0.29) is 0 Å². The third kappa shape index (κ3) is 3.20. The molecule has 0 aromatic carbocycles. The summed E-state index contributed by atoms with van der Waals surface area (Å²) in [5.41, 5.74) is -0.480. The molecule has 88 valence electrons. The molecule has 3 heteroatoms. The van der Waals surface area contributed by atoms with Gasteiger partial charge in [-0.15, -0.1) is 0 Å². The summed E-state index contributed by atoms with van der Waals surface area (Å²) in [6.07, 6.45) is 2.78. The molecule has 1 aliphatic rings. The van der Waals surface area contributed by atoms with Crippen LogP contribution in [0.4, 0.5) is 0 Å². The molecule has 0 spiro atoms. The standard InChI is InChI=1S/C12H23NO2/c1-4-10(2)9-13-7-5-12(3,6-8-13)11(14)15/h10H,4-9H2,1-3H3,(H,14,15). The zero-order valence-corrected chi connectivity index (χ0v) is 10.1. The Labute approximate surface area is 92.5 Å². The van der Waals surface area contributed by atoms with E-state index < -0.39 is 11.4 Å². The summed E-state index contributed by atoms with van der Waals surface area (Å²) in [4.78, 5) is 13.4. The highest BCUT2D eigenvalue weighted by molar-refractivity contribution is 5.74. The highest BCUT2D eigenvalue weighted by atomic mass is 16.4. The average Bonchev–Trinajstić information content (AvgIpc) is 2.21. The van der Waals surface area contributed by atoms with Gasteiger partial charge in [-0.05, 0) is 38.8 Å². The molecule has 1 rings (SSSR count). The lowest BCUT2D eigenvalue weighted by Gasteiger charge is -2.37. The van der Waals surface area contributed by atoms with Crippen LogP contribution in [-0.4, -0.2) is 35.6 Å². The summed E-state index contributed by atoms with van der Waals surface area (Å²) in [5.74, 6) is 0.0878. The van der Waals surface area contributed by atoms with E-state index in [2.05, 4.69) is 18.7 Å². The topological polar surface area (TPSA) is 40.5 Å². The molecule has 0 bridgehead atoms. The fourth-order valence-corrected chi connectivity index (χ4v) is 2.01. The molecule has 1 saturated heterocycles. The number of carbonyl (C=O) groups is 1. The highest BCUT2D eigenvalue weighted by Crippen LogP contribution is 2.31. The maximum atomic E-state index is 11.0. The lowest BCUT2D eigenvalue weighted by Crippen LogP contribution is -2.43. The van der Waals surface area contributed by atoms with Gasteiger partial charge in [-0.25, -0.2) is 0 Å². The second-order valence-corrected chi connectivity index (χ2v) is 5.18. The van der Waals surface area contributed by atoms with E-state index in [4.69, 9.17) is 5.11 Å². The van der Waals surface area contributed by atoms with Crippen molar-refractivity contribution in [2.45, 2.75) is 40.0 Å². The number of rotatable bonds is 4. The van der Waals surface area contributed by atoms with E-state index in [0.717, 1.165) is 38.4 Å². The van der Waals surface area contributed by atoms with Crippen LogP contribution in [-0.2, 0) is 4.79 Å². The lowest BCUT2D eigenvalue weighted by molar-refractivity contribution is -0.150. The third-order valence-electron chi connectivity index (χ3n) is 3.74. The van der Waals surface area contributed by atoms with Crippen molar-refractivity contribution in [3.05, 3.63) is 0 Å². The maximum Gasteiger partial charge on any atom is 0.309 e. The Kier molecular flexibility index (Phi) is 4.14. The normalized spacial score (nSPS) is 23.7. The molecule has 1 aliphatic heterocycles. The molecule has 1 N–H and O–H groups in total. The number of hydrogen-bond donors (Lipinski definition) is 1. The number of piperidine rings is 1. The fourth-order valence-electron chi connectivity index (χ4n) is 2.01. The van der Waals surface area contributed by atoms with Crippen molar-refractivity contribution in [3.8, 4) is 0 Å². The molecule has 0 saturated carbocycles. The van der Waals surface area contributed by atoms with Gasteiger partial charge in [-0.2, -0.15) is 0 Å². The monoisotopic (exact) mass is 213 g/mol. The van der Waals surface area contributed by atoms with Crippen molar-refractivity contribution in [2.24, 2.45) is 11.3 Å². The zero-order chi connectivity index (χ0) is 11.5. The van der Waals surface area contributed by atoms with Gasteiger partial charge in [0.1, 0.15) is 0 Å². The number of carboxylic acid groups (broad SMARTS) is 1. The molecule has 1 atom stereocenters. The Hall–Kier alpha value is -0.570. The van der Waals surface area contributed by atoms with E-state index in [0.29, 0.717) is 0 Å². The van der Waals surface area contributed by atoms with Gasteiger partial charge in [0.15, 0.2) is 0 Å². The van der Waals surface area contributed by atoms with Gasteiger partial charge in [0.25, 0.3) is 0 Å². The zero-order valence-electron chi connectivity index (χ0n) is 10.1. The van der Waals surface area contributed by atoms with Gasteiger partial charge < -0.3 is 10.0 Å².